The maximum atomic E-state index is 12.7. The smallest absolute Gasteiger partial charge is 0.411 e. The van der Waals surface area contributed by atoms with Crippen molar-refractivity contribution in [2.24, 2.45) is 0 Å². The van der Waals surface area contributed by atoms with Gasteiger partial charge in [-0.2, -0.15) is 0 Å². The van der Waals surface area contributed by atoms with Gasteiger partial charge in [0.15, 0.2) is 0 Å². The molecule has 0 unspecified atom stereocenters. The average molecular weight is 392 g/mol. The summed E-state index contributed by atoms with van der Waals surface area (Å²) in [5, 5.41) is 2.47. The van der Waals surface area contributed by atoms with E-state index in [0.717, 1.165) is 5.56 Å². The third-order valence-electron chi connectivity index (χ3n) is 4.41. The number of nitrogens with one attached hydrogen (secondary N) is 2. The van der Waals surface area contributed by atoms with Gasteiger partial charge in [-0.25, -0.2) is 17.9 Å². The fourth-order valence-corrected chi connectivity index (χ4v) is 3.77. The van der Waals surface area contributed by atoms with Gasteiger partial charge in [0.2, 0.25) is 10.0 Å². The van der Waals surface area contributed by atoms with E-state index in [1.165, 1.54) is 31.4 Å². The van der Waals surface area contributed by atoms with Crippen LogP contribution in [0.2, 0.25) is 0 Å². The third kappa shape index (κ3) is 5.06. The summed E-state index contributed by atoms with van der Waals surface area (Å²) in [6, 6.07) is 15.3. The molecule has 0 radical (unpaired) electrons. The Morgan fingerprint density at radius 1 is 1.04 bits per heavy atom. The highest BCUT2D eigenvalue weighted by atomic mass is 32.2. The quantitative estimate of drug-likeness (QED) is 0.720. The van der Waals surface area contributed by atoms with Crippen molar-refractivity contribution < 1.29 is 22.7 Å². The Labute approximate surface area is 159 Å². The topological polar surface area (TPSA) is 93.7 Å². The summed E-state index contributed by atoms with van der Waals surface area (Å²) in [6.45, 7) is 2.03. The van der Waals surface area contributed by atoms with Crippen LogP contribution in [0.4, 0.5) is 10.5 Å². The minimum absolute atomic E-state index is 0.0899. The Morgan fingerprint density at radius 2 is 1.67 bits per heavy atom. The van der Waals surface area contributed by atoms with Crippen LogP contribution in [0.3, 0.4) is 0 Å². The zero-order valence-electron chi connectivity index (χ0n) is 15.6. The first-order valence-corrected chi connectivity index (χ1v) is 9.90. The highest BCUT2D eigenvalue weighted by Crippen LogP contribution is 2.28. The molecule has 1 amide bonds. The molecule has 0 bridgehead atoms. The van der Waals surface area contributed by atoms with Gasteiger partial charge in [0.1, 0.15) is 5.60 Å². The molecule has 0 heterocycles. The molecule has 27 heavy (non-hydrogen) atoms. The number of amides is 1. The number of rotatable bonds is 8. The lowest BCUT2D eigenvalue weighted by Gasteiger charge is -2.32. The zero-order valence-corrected chi connectivity index (χ0v) is 16.4. The molecule has 0 fully saturated rings. The monoisotopic (exact) mass is 392 g/mol. The van der Waals surface area contributed by atoms with Crippen LogP contribution in [0, 0.1) is 0 Å². The molecule has 0 aliphatic heterocycles. The van der Waals surface area contributed by atoms with Gasteiger partial charge in [0.05, 0.1) is 12.0 Å². The van der Waals surface area contributed by atoms with Gasteiger partial charge in [-0.3, -0.25) is 5.32 Å². The Kier molecular flexibility index (Phi) is 6.95. The summed E-state index contributed by atoms with van der Waals surface area (Å²) in [7, 11) is -0.928. The van der Waals surface area contributed by atoms with Crippen molar-refractivity contribution in [3.8, 4) is 0 Å². The number of anilines is 1. The maximum absolute atomic E-state index is 12.7. The number of hydrogen-bond donors (Lipinski definition) is 2. The molecular weight excluding hydrogens is 368 g/mol. The summed E-state index contributed by atoms with van der Waals surface area (Å²) in [4.78, 5) is 11.3. The molecule has 8 heteroatoms. The van der Waals surface area contributed by atoms with Crippen molar-refractivity contribution in [1.82, 2.24) is 4.72 Å². The maximum Gasteiger partial charge on any atom is 0.411 e. The number of ether oxygens (including phenoxy) is 2. The molecular formula is C19H24N2O5S. The second-order valence-corrected chi connectivity index (χ2v) is 7.65. The van der Waals surface area contributed by atoms with Gasteiger partial charge in [-0.05, 0) is 36.2 Å². The fraction of sp³-hybridized carbons (Fsp3) is 0.316. The number of methoxy groups -OCH3 is 2. The van der Waals surface area contributed by atoms with Crippen molar-refractivity contribution in [1.29, 1.82) is 0 Å². The van der Waals surface area contributed by atoms with E-state index >= 15 is 0 Å². The summed E-state index contributed by atoms with van der Waals surface area (Å²) in [6.07, 6.45) is -0.0303. The van der Waals surface area contributed by atoms with E-state index in [4.69, 9.17) is 4.74 Å². The molecule has 2 N–H and O–H groups in total. The molecule has 2 aromatic rings. The fourth-order valence-electron chi connectivity index (χ4n) is 2.69. The second-order valence-electron chi connectivity index (χ2n) is 5.88. The van der Waals surface area contributed by atoms with Gasteiger partial charge in [-0.15, -0.1) is 0 Å². The van der Waals surface area contributed by atoms with E-state index in [1.807, 2.05) is 37.3 Å². The minimum Gasteiger partial charge on any atom is -0.453 e. The lowest BCUT2D eigenvalue weighted by molar-refractivity contribution is -0.0133. The van der Waals surface area contributed by atoms with Crippen LogP contribution in [0.5, 0.6) is 0 Å². The summed E-state index contributed by atoms with van der Waals surface area (Å²) < 4.78 is 38.1. The standard InChI is InChI=1S/C19H24N2O5S/c1-4-19(26-3,15-8-6-5-7-9-15)14-20-27(23,24)17-12-10-16(11-13-17)21-18(22)25-2/h5-13,20H,4,14H2,1-3H3,(H,21,22)/t19-/m0/s1. The minimum atomic E-state index is -3.75. The number of carbonyl (C=O) groups is 1. The molecule has 7 nitrogen and oxygen atoms in total. The first-order valence-electron chi connectivity index (χ1n) is 8.42. The van der Waals surface area contributed by atoms with Crippen LogP contribution < -0.4 is 10.0 Å². The van der Waals surface area contributed by atoms with Gasteiger partial charge in [0, 0.05) is 19.3 Å². The zero-order chi connectivity index (χ0) is 19.9. The predicted octanol–water partition coefficient (Wildman–Crippen LogP) is 3.10. The first kappa shape index (κ1) is 20.9. The van der Waals surface area contributed by atoms with Crippen LogP contribution in [0.25, 0.3) is 0 Å². The van der Waals surface area contributed by atoms with Crippen molar-refractivity contribution in [2.45, 2.75) is 23.8 Å². The van der Waals surface area contributed by atoms with Gasteiger partial charge < -0.3 is 9.47 Å². The van der Waals surface area contributed by atoms with E-state index in [9.17, 15) is 13.2 Å². The predicted molar refractivity (Wildman–Crippen MR) is 103 cm³/mol. The largest absolute Gasteiger partial charge is 0.453 e. The molecule has 0 aliphatic rings. The van der Waals surface area contributed by atoms with Crippen LogP contribution in [0.1, 0.15) is 18.9 Å². The molecule has 2 aromatic carbocycles. The lowest BCUT2D eigenvalue weighted by Crippen LogP contribution is -2.41. The van der Waals surface area contributed by atoms with Crippen LogP contribution >= 0.6 is 0 Å². The summed E-state index contributed by atoms with van der Waals surface area (Å²) in [5.41, 5.74) is 0.570. The number of benzene rings is 2. The number of sulfonamides is 1. The Morgan fingerprint density at radius 3 is 2.19 bits per heavy atom. The first-order chi connectivity index (χ1) is 12.9. The van der Waals surface area contributed by atoms with E-state index in [-0.39, 0.29) is 11.4 Å². The summed E-state index contributed by atoms with van der Waals surface area (Å²) >= 11 is 0. The van der Waals surface area contributed by atoms with E-state index in [2.05, 4.69) is 14.8 Å². The number of carbonyl (C=O) groups excluding carboxylic acids is 1. The van der Waals surface area contributed by atoms with Gasteiger partial charge in [0.25, 0.3) is 0 Å². The molecule has 0 aliphatic carbocycles. The van der Waals surface area contributed by atoms with E-state index in [1.54, 1.807) is 7.11 Å². The van der Waals surface area contributed by atoms with Gasteiger partial charge >= 0.3 is 6.09 Å². The third-order valence-corrected chi connectivity index (χ3v) is 5.82. The SMILES string of the molecule is CC[C@@](CNS(=O)(=O)c1ccc(NC(=O)OC)cc1)(OC)c1ccccc1. The van der Waals surface area contributed by atoms with Crippen molar-refractivity contribution >= 4 is 21.8 Å². The van der Waals surface area contributed by atoms with E-state index < -0.39 is 21.7 Å². The second kappa shape index (κ2) is 8.98. The lowest BCUT2D eigenvalue weighted by atomic mass is 9.91. The number of hydrogen-bond acceptors (Lipinski definition) is 5. The van der Waals surface area contributed by atoms with Crippen molar-refractivity contribution in [3.05, 3.63) is 60.2 Å². The highest BCUT2D eigenvalue weighted by molar-refractivity contribution is 7.89. The average Bonchev–Trinajstić information content (AvgIpc) is 2.70. The van der Waals surface area contributed by atoms with Crippen LogP contribution in [-0.4, -0.2) is 35.3 Å². The Bertz CT molecular complexity index is 847. The molecule has 2 rings (SSSR count). The molecule has 0 aromatic heterocycles. The molecule has 0 saturated carbocycles. The highest BCUT2D eigenvalue weighted by Gasteiger charge is 2.32. The summed E-state index contributed by atoms with van der Waals surface area (Å²) in [5.74, 6) is 0. The van der Waals surface area contributed by atoms with Crippen molar-refractivity contribution in [3.63, 3.8) is 0 Å². The Balaban J connectivity index is 2.16. The van der Waals surface area contributed by atoms with Crippen LogP contribution in [-0.2, 0) is 25.1 Å². The molecule has 0 spiro atoms. The van der Waals surface area contributed by atoms with E-state index in [0.29, 0.717) is 12.1 Å². The van der Waals surface area contributed by atoms with Crippen molar-refractivity contribution in [2.75, 3.05) is 26.1 Å². The normalized spacial score (nSPS) is 13.6. The molecule has 146 valence electrons. The van der Waals surface area contributed by atoms with Crippen LogP contribution in [0.15, 0.2) is 59.5 Å². The molecule has 1 atom stereocenters. The molecule has 0 saturated heterocycles. The van der Waals surface area contributed by atoms with Gasteiger partial charge in [-0.1, -0.05) is 37.3 Å². The Hall–Kier alpha value is -2.42.